The maximum atomic E-state index is 12.6. The molecule has 6 aromatic carbocycles. The maximum Gasteiger partial charge on any atom is 0.148 e. The van der Waals surface area contributed by atoms with Crippen LogP contribution in [0.15, 0.2) is 128 Å². The van der Waals surface area contributed by atoms with Gasteiger partial charge in [0.25, 0.3) is 0 Å². The van der Waals surface area contributed by atoms with Crippen molar-refractivity contribution in [3.63, 3.8) is 0 Å². The van der Waals surface area contributed by atoms with E-state index >= 15 is 0 Å². The second kappa shape index (κ2) is 16.3. The van der Waals surface area contributed by atoms with Crippen molar-refractivity contribution < 1.29 is 26.2 Å². The molecule has 1 aliphatic heterocycles. The number of fused-ring (bicyclic) bond motifs is 6. The summed E-state index contributed by atoms with van der Waals surface area (Å²) in [5.41, 5.74) is 17.2. The van der Waals surface area contributed by atoms with Gasteiger partial charge in [-0.2, -0.15) is 0 Å². The molecule has 0 bridgehead atoms. The summed E-state index contributed by atoms with van der Waals surface area (Å²) in [6.45, 7) is 26.7. The van der Waals surface area contributed by atoms with E-state index in [2.05, 4.69) is 220 Å². The summed E-state index contributed by atoms with van der Waals surface area (Å²) in [5.74, 6) is 1.95. The number of aromatic hydroxyl groups is 1. The van der Waals surface area contributed by atoms with E-state index < -0.39 is 0 Å². The topological polar surface area (TPSA) is 68.8 Å². The van der Waals surface area contributed by atoms with Crippen molar-refractivity contribution in [2.24, 2.45) is 0 Å². The van der Waals surface area contributed by atoms with Gasteiger partial charge in [0.1, 0.15) is 17.4 Å². The van der Waals surface area contributed by atoms with E-state index in [4.69, 9.17) is 15.0 Å². The number of phenols is 1. The number of hydrogen-bond acceptors (Lipinski definition) is 4. The third-order valence-electron chi connectivity index (χ3n) is 13.4. The van der Waals surface area contributed by atoms with Gasteiger partial charge < -0.3 is 5.11 Å². The van der Waals surface area contributed by atoms with Crippen molar-refractivity contribution in [1.82, 2.24) is 24.1 Å². The van der Waals surface area contributed by atoms with E-state index in [0.717, 1.165) is 90.2 Å². The van der Waals surface area contributed by atoms with Crippen LogP contribution in [0.4, 0.5) is 0 Å². The van der Waals surface area contributed by atoms with E-state index in [1.165, 1.54) is 16.8 Å². The molecule has 67 heavy (non-hydrogen) atoms. The molecule has 0 fully saturated rings. The predicted octanol–water partition coefficient (Wildman–Crippen LogP) is 15.0. The third kappa shape index (κ3) is 8.05. The van der Waals surface area contributed by atoms with Crippen LogP contribution in [-0.2, 0) is 49.1 Å². The Morgan fingerprint density at radius 3 is 1.87 bits per heavy atom. The maximum absolute atomic E-state index is 12.6. The van der Waals surface area contributed by atoms with E-state index in [1.54, 1.807) is 0 Å². The zero-order valence-corrected chi connectivity index (χ0v) is 43.1. The minimum atomic E-state index is -0.333. The molecular weight excluding hydrogens is 1000 g/mol. The minimum absolute atomic E-state index is 0. The Balaban J connectivity index is 0.00000562. The molecule has 10 rings (SSSR count). The van der Waals surface area contributed by atoms with Crippen LogP contribution in [0.5, 0.6) is 5.75 Å². The molecule has 3 aromatic heterocycles. The summed E-state index contributed by atoms with van der Waals surface area (Å²) in [4.78, 5) is 16.0. The number of rotatable bonds is 5. The number of para-hydroxylation sites is 2. The summed E-state index contributed by atoms with van der Waals surface area (Å²) in [5, 5.41) is 12.6. The summed E-state index contributed by atoms with van der Waals surface area (Å²) in [6, 6.07) is 47.3. The van der Waals surface area contributed by atoms with Gasteiger partial charge in [0, 0.05) is 50.5 Å². The van der Waals surface area contributed by atoms with Gasteiger partial charge in [-0.3, -0.25) is 14.1 Å². The Bertz CT molecular complexity index is 3380. The third-order valence-corrected chi connectivity index (χ3v) is 13.4. The first-order chi connectivity index (χ1) is 31.2. The molecule has 1 N–H and O–H groups in total. The van der Waals surface area contributed by atoms with Crippen LogP contribution in [0.2, 0.25) is 0 Å². The Hall–Kier alpha value is -6.10. The standard InChI is InChI=1S/C60H60N5O.Pt/c1-57(2,3)40-25-26-48(44(33-40)36-19-14-13-15-20-36)65-49-24-18-22-43(53(49)63-56(65)45-34-42(59(7,8)9)35-46(55(45)66)60(10,11)12)38-29-39(31-41(30-38)58(4,5)6)52-54-50(27-28-61-52)64-47-23-17-16-21-37(47)32-51(64)62-54;/h13-28,30-31,33-35,66H,32H2,1-12H3;/q-1;. The van der Waals surface area contributed by atoms with Crippen molar-refractivity contribution in [2.45, 2.75) is 111 Å². The molecular formula is C60H60N5OPt-. The van der Waals surface area contributed by atoms with Crippen molar-refractivity contribution in [3.8, 4) is 62.0 Å². The molecule has 0 amide bonds. The molecule has 4 heterocycles. The van der Waals surface area contributed by atoms with Gasteiger partial charge in [0.15, 0.2) is 0 Å². The van der Waals surface area contributed by atoms with Gasteiger partial charge >= 0.3 is 0 Å². The zero-order valence-electron chi connectivity index (χ0n) is 40.8. The van der Waals surface area contributed by atoms with Crippen molar-refractivity contribution in [3.05, 3.63) is 167 Å². The summed E-state index contributed by atoms with van der Waals surface area (Å²) in [7, 11) is 0. The van der Waals surface area contributed by atoms with E-state index in [-0.39, 0.29) is 48.5 Å². The molecule has 0 radical (unpaired) electrons. The fraction of sp³-hybridized carbons (Fsp3) is 0.283. The average Bonchev–Trinajstić information content (AvgIpc) is 3.95. The fourth-order valence-corrected chi connectivity index (χ4v) is 9.56. The van der Waals surface area contributed by atoms with Crippen LogP contribution >= 0.6 is 0 Å². The molecule has 6 nitrogen and oxygen atoms in total. The SMILES string of the molecule is CC(C)(C)c1cc(-c2cccc3c2nc(-c2cc(C(C)(C)C)cc(C(C)(C)C)c2O)n3-c2ccc(C(C)(C)C)cc2-c2ccccc2)[c-]c(-c2nccc3c2nc2n3-c3ccccc3C2)c1.[Pt]. The quantitative estimate of drug-likeness (QED) is 0.174. The Morgan fingerprint density at radius 1 is 0.522 bits per heavy atom. The van der Waals surface area contributed by atoms with Gasteiger partial charge in [0.2, 0.25) is 0 Å². The number of imidazole rings is 2. The monoisotopic (exact) mass is 1060 g/mol. The van der Waals surface area contributed by atoms with Crippen LogP contribution in [-0.4, -0.2) is 29.2 Å². The summed E-state index contributed by atoms with van der Waals surface area (Å²) >= 11 is 0. The number of aromatic nitrogens is 5. The smallest absolute Gasteiger partial charge is 0.148 e. The number of nitrogens with zero attached hydrogens (tertiary/aromatic N) is 5. The largest absolute Gasteiger partial charge is 0.507 e. The summed E-state index contributed by atoms with van der Waals surface area (Å²) < 4.78 is 4.56. The van der Waals surface area contributed by atoms with Gasteiger partial charge in [-0.15, -0.1) is 29.3 Å². The first-order valence-electron chi connectivity index (χ1n) is 23.3. The fourth-order valence-electron chi connectivity index (χ4n) is 9.56. The normalized spacial score (nSPS) is 13.0. The average molecular weight is 1060 g/mol. The molecule has 0 aliphatic carbocycles. The molecule has 0 atom stereocenters. The predicted molar refractivity (Wildman–Crippen MR) is 273 cm³/mol. The second-order valence-corrected chi connectivity index (χ2v) is 22.4. The zero-order chi connectivity index (χ0) is 46.7. The van der Waals surface area contributed by atoms with Crippen LogP contribution < -0.4 is 0 Å². The molecule has 7 heteroatoms. The van der Waals surface area contributed by atoms with Crippen LogP contribution in [0.3, 0.4) is 0 Å². The number of hydrogen-bond donors (Lipinski definition) is 1. The molecule has 0 unspecified atom stereocenters. The molecule has 9 aromatic rings. The molecule has 342 valence electrons. The van der Waals surface area contributed by atoms with Gasteiger partial charge in [-0.1, -0.05) is 167 Å². The number of benzene rings is 6. The van der Waals surface area contributed by atoms with Crippen LogP contribution in [0.25, 0.3) is 78.3 Å². The Kier molecular flexibility index (Phi) is 11.2. The van der Waals surface area contributed by atoms with Crippen LogP contribution in [0, 0.1) is 6.07 Å². The van der Waals surface area contributed by atoms with E-state index in [9.17, 15) is 5.11 Å². The molecule has 1 aliphatic rings. The second-order valence-electron chi connectivity index (χ2n) is 22.4. The van der Waals surface area contributed by atoms with Crippen molar-refractivity contribution >= 4 is 22.1 Å². The van der Waals surface area contributed by atoms with E-state index in [0.29, 0.717) is 11.4 Å². The van der Waals surface area contributed by atoms with E-state index in [1.807, 2.05) is 6.20 Å². The number of pyridine rings is 1. The number of phenolic OH excluding ortho intramolecular Hbond substituents is 1. The van der Waals surface area contributed by atoms with Gasteiger partial charge in [-0.25, -0.2) is 9.97 Å². The Labute approximate surface area is 410 Å². The molecule has 0 saturated carbocycles. The van der Waals surface area contributed by atoms with Crippen LogP contribution in [0.1, 0.15) is 117 Å². The van der Waals surface area contributed by atoms with Gasteiger partial charge in [-0.05, 0) is 80.3 Å². The first kappa shape index (κ1) is 46.0. The summed E-state index contributed by atoms with van der Waals surface area (Å²) in [6.07, 6.45) is 2.68. The minimum Gasteiger partial charge on any atom is -0.507 e. The van der Waals surface area contributed by atoms with Crippen molar-refractivity contribution in [1.29, 1.82) is 0 Å². The first-order valence-corrected chi connectivity index (χ1v) is 23.3. The van der Waals surface area contributed by atoms with Crippen molar-refractivity contribution in [2.75, 3.05) is 0 Å². The molecule has 0 saturated heterocycles. The Morgan fingerprint density at radius 2 is 1.16 bits per heavy atom. The van der Waals surface area contributed by atoms with Gasteiger partial charge in [0.05, 0.1) is 39.0 Å². The molecule has 0 spiro atoms.